The van der Waals surface area contributed by atoms with Crippen LogP contribution in [0, 0.1) is 22.7 Å². The third kappa shape index (κ3) is 1.88. The summed E-state index contributed by atoms with van der Waals surface area (Å²) in [6, 6.07) is 3.64. The van der Waals surface area contributed by atoms with E-state index >= 15 is 0 Å². The summed E-state index contributed by atoms with van der Waals surface area (Å²) in [4.78, 5) is 3.72. The van der Waals surface area contributed by atoms with Crippen LogP contribution in [0.4, 0.5) is 0 Å². The number of nitriles is 2. The molecule has 6 nitrogen and oxygen atoms in total. The Morgan fingerprint density at radius 1 is 1.57 bits per heavy atom. The Hall–Kier alpha value is -1.89. The van der Waals surface area contributed by atoms with Gasteiger partial charge in [0.2, 0.25) is 0 Å². The van der Waals surface area contributed by atoms with Gasteiger partial charge in [-0.1, -0.05) is 0 Å². The van der Waals surface area contributed by atoms with E-state index in [2.05, 4.69) is 4.98 Å². The molecule has 1 aromatic rings. The van der Waals surface area contributed by atoms with Crippen LogP contribution < -0.4 is 5.73 Å². The SMILES string of the molecule is N#Cc1ncn(C[C@H](O)CN)c1C#N. The van der Waals surface area contributed by atoms with Crippen LogP contribution in [0.1, 0.15) is 11.4 Å². The quantitative estimate of drug-likeness (QED) is 0.632. The molecule has 0 aliphatic carbocycles. The van der Waals surface area contributed by atoms with Gasteiger partial charge in [0.05, 0.1) is 19.0 Å². The van der Waals surface area contributed by atoms with E-state index in [0.717, 1.165) is 0 Å². The maximum Gasteiger partial charge on any atom is 0.176 e. The predicted octanol–water partition coefficient (Wildman–Crippen LogP) is -1.05. The molecule has 0 saturated carbocycles. The molecule has 1 heterocycles. The van der Waals surface area contributed by atoms with Gasteiger partial charge in [-0.05, 0) is 0 Å². The summed E-state index contributed by atoms with van der Waals surface area (Å²) in [6.07, 6.45) is 0.610. The number of aromatic nitrogens is 2. The molecule has 6 heteroatoms. The lowest BCUT2D eigenvalue weighted by molar-refractivity contribution is 0.162. The van der Waals surface area contributed by atoms with Crippen molar-refractivity contribution in [1.82, 2.24) is 9.55 Å². The third-order valence-electron chi connectivity index (χ3n) is 1.73. The fraction of sp³-hybridized carbons (Fsp3) is 0.375. The van der Waals surface area contributed by atoms with Crippen LogP contribution >= 0.6 is 0 Å². The minimum atomic E-state index is -0.733. The number of aliphatic hydroxyl groups is 1. The van der Waals surface area contributed by atoms with E-state index in [-0.39, 0.29) is 24.5 Å². The van der Waals surface area contributed by atoms with Crippen LogP contribution in [0.25, 0.3) is 0 Å². The number of rotatable bonds is 3. The fourth-order valence-corrected chi connectivity index (χ4v) is 1.02. The largest absolute Gasteiger partial charge is 0.390 e. The van der Waals surface area contributed by atoms with Gasteiger partial charge in [0.25, 0.3) is 0 Å². The minimum absolute atomic E-state index is 0.0664. The molecule has 1 atom stereocenters. The topological polar surface area (TPSA) is 112 Å². The molecule has 0 fully saturated rings. The van der Waals surface area contributed by atoms with Crippen LogP contribution in [-0.2, 0) is 6.54 Å². The first kappa shape index (κ1) is 10.2. The van der Waals surface area contributed by atoms with Crippen LogP contribution in [-0.4, -0.2) is 27.3 Å². The van der Waals surface area contributed by atoms with Crippen molar-refractivity contribution in [3.8, 4) is 12.1 Å². The summed E-state index contributed by atoms with van der Waals surface area (Å²) in [5.74, 6) is 0. The summed E-state index contributed by atoms with van der Waals surface area (Å²) in [5, 5.41) is 26.6. The summed E-state index contributed by atoms with van der Waals surface area (Å²) >= 11 is 0. The molecule has 1 rings (SSSR count). The van der Waals surface area contributed by atoms with Crippen molar-refractivity contribution in [2.24, 2.45) is 5.73 Å². The van der Waals surface area contributed by atoms with Crippen LogP contribution in [0.5, 0.6) is 0 Å². The molecular formula is C8H9N5O. The first-order chi connectivity index (χ1) is 6.72. The molecule has 0 aromatic carbocycles. The Morgan fingerprint density at radius 2 is 2.29 bits per heavy atom. The smallest absolute Gasteiger partial charge is 0.176 e. The van der Waals surface area contributed by atoms with Crippen molar-refractivity contribution >= 4 is 0 Å². The lowest BCUT2D eigenvalue weighted by Crippen LogP contribution is -2.25. The molecule has 0 unspecified atom stereocenters. The summed E-state index contributed by atoms with van der Waals surface area (Å²) in [7, 11) is 0. The van der Waals surface area contributed by atoms with Crippen LogP contribution in [0.15, 0.2) is 6.33 Å². The van der Waals surface area contributed by atoms with Gasteiger partial charge in [-0.3, -0.25) is 0 Å². The van der Waals surface area contributed by atoms with Crippen molar-refractivity contribution in [2.75, 3.05) is 6.54 Å². The van der Waals surface area contributed by atoms with Crippen molar-refractivity contribution in [3.63, 3.8) is 0 Å². The van der Waals surface area contributed by atoms with E-state index in [1.165, 1.54) is 10.9 Å². The standard InChI is InChI=1S/C8H9N5O/c9-1-6(14)4-13-5-12-7(2-10)8(13)3-11/h5-6,14H,1,4,9H2/t6-/m1/s1. The zero-order chi connectivity index (χ0) is 10.6. The molecule has 0 aliphatic heterocycles. The Kier molecular flexibility index (Phi) is 3.19. The average molecular weight is 191 g/mol. The number of imidazole rings is 1. The molecule has 14 heavy (non-hydrogen) atoms. The normalized spacial score (nSPS) is 11.7. The van der Waals surface area contributed by atoms with Crippen molar-refractivity contribution < 1.29 is 5.11 Å². The molecule has 0 bridgehead atoms. The van der Waals surface area contributed by atoms with Crippen molar-refractivity contribution in [3.05, 3.63) is 17.7 Å². The molecule has 0 aliphatic rings. The maximum atomic E-state index is 9.25. The lowest BCUT2D eigenvalue weighted by Gasteiger charge is -2.08. The van der Waals surface area contributed by atoms with Crippen LogP contribution in [0.2, 0.25) is 0 Å². The summed E-state index contributed by atoms with van der Waals surface area (Å²) in [5.41, 5.74) is 5.44. The summed E-state index contributed by atoms with van der Waals surface area (Å²) in [6.45, 7) is 0.277. The number of hydrogen-bond acceptors (Lipinski definition) is 5. The van der Waals surface area contributed by atoms with Crippen LogP contribution in [0.3, 0.4) is 0 Å². The first-order valence-electron chi connectivity index (χ1n) is 3.96. The van der Waals surface area contributed by atoms with Gasteiger partial charge < -0.3 is 15.4 Å². The first-order valence-corrected chi connectivity index (χ1v) is 3.96. The van der Waals surface area contributed by atoms with E-state index in [1.54, 1.807) is 6.07 Å². The number of aliphatic hydroxyl groups excluding tert-OH is 1. The molecule has 3 N–H and O–H groups in total. The van der Waals surface area contributed by atoms with Gasteiger partial charge in [-0.25, -0.2) is 4.98 Å². The Bertz CT molecular complexity index is 397. The molecule has 72 valence electrons. The molecule has 0 spiro atoms. The Labute approximate surface area is 80.8 Å². The lowest BCUT2D eigenvalue weighted by atomic mass is 10.3. The third-order valence-corrected chi connectivity index (χ3v) is 1.73. The number of nitrogens with two attached hydrogens (primary N) is 1. The number of nitrogens with zero attached hydrogens (tertiary/aromatic N) is 4. The molecule has 1 aromatic heterocycles. The summed E-state index contributed by atoms with van der Waals surface area (Å²) < 4.78 is 1.41. The van der Waals surface area contributed by atoms with Gasteiger partial charge in [-0.15, -0.1) is 0 Å². The molecule has 0 amide bonds. The van der Waals surface area contributed by atoms with Crippen molar-refractivity contribution in [1.29, 1.82) is 10.5 Å². The zero-order valence-corrected chi connectivity index (χ0v) is 7.38. The molecule has 0 saturated heterocycles. The van der Waals surface area contributed by atoms with E-state index in [0.29, 0.717) is 0 Å². The fourth-order valence-electron chi connectivity index (χ4n) is 1.02. The second-order valence-corrected chi connectivity index (χ2v) is 2.71. The Balaban J connectivity index is 2.95. The second-order valence-electron chi connectivity index (χ2n) is 2.71. The highest BCUT2D eigenvalue weighted by atomic mass is 16.3. The predicted molar refractivity (Wildman–Crippen MR) is 46.7 cm³/mol. The van der Waals surface area contributed by atoms with E-state index in [1.807, 2.05) is 6.07 Å². The zero-order valence-electron chi connectivity index (χ0n) is 7.38. The minimum Gasteiger partial charge on any atom is -0.390 e. The van der Waals surface area contributed by atoms with Gasteiger partial charge in [-0.2, -0.15) is 10.5 Å². The highest BCUT2D eigenvalue weighted by Crippen LogP contribution is 2.05. The van der Waals surface area contributed by atoms with Crippen molar-refractivity contribution in [2.45, 2.75) is 12.6 Å². The number of hydrogen-bond donors (Lipinski definition) is 2. The van der Waals surface area contributed by atoms with E-state index in [4.69, 9.17) is 16.3 Å². The highest BCUT2D eigenvalue weighted by Gasteiger charge is 2.12. The van der Waals surface area contributed by atoms with Gasteiger partial charge in [0.15, 0.2) is 11.4 Å². The average Bonchev–Trinajstić information content (AvgIpc) is 2.59. The Morgan fingerprint density at radius 3 is 2.79 bits per heavy atom. The van der Waals surface area contributed by atoms with Gasteiger partial charge in [0.1, 0.15) is 12.1 Å². The van der Waals surface area contributed by atoms with E-state index < -0.39 is 6.10 Å². The van der Waals surface area contributed by atoms with E-state index in [9.17, 15) is 5.11 Å². The molecule has 0 radical (unpaired) electrons. The molecular weight excluding hydrogens is 182 g/mol. The maximum absolute atomic E-state index is 9.25. The monoisotopic (exact) mass is 191 g/mol. The highest BCUT2D eigenvalue weighted by molar-refractivity contribution is 5.36. The second kappa shape index (κ2) is 4.38. The van der Waals surface area contributed by atoms with Gasteiger partial charge in [0, 0.05) is 6.54 Å². The van der Waals surface area contributed by atoms with Gasteiger partial charge >= 0.3 is 0 Å².